The third-order valence-electron chi connectivity index (χ3n) is 3.67. The minimum atomic E-state index is -0.632. The summed E-state index contributed by atoms with van der Waals surface area (Å²) in [6.07, 6.45) is 2.14. The maximum absolute atomic E-state index is 14.1. The Morgan fingerprint density at radius 1 is 1.39 bits per heavy atom. The lowest BCUT2D eigenvalue weighted by atomic mass is 10.1. The van der Waals surface area contributed by atoms with Gasteiger partial charge in [-0.05, 0) is 37.0 Å². The number of nitrogens with one attached hydrogen (secondary N) is 1. The van der Waals surface area contributed by atoms with Gasteiger partial charge in [-0.1, -0.05) is 13.8 Å². The first-order valence-electron chi connectivity index (χ1n) is 7.93. The molecule has 1 fully saturated rings. The molecule has 126 valence electrons. The number of aliphatic hydroxyl groups is 1. The second kappa shape index (κ2) is 7.55. The minimum absolute atomic E-state index is 0.0762. The van der Waals surface area contributed by atoms with Gasteiger partial charge in [-0.25, -0.2) is 4.39 Å². The molecular weight excluding hydrogens is 299 g/mol. The van der Waals surface area contributed by atoms with Crippen molar-refractivity contribution >= 4 is 17.5 Å². The average molecular weight is 322 g/mol. The predicted octanol–water partition coefficient (Wildman–Crippen LogP) is 2.41. The van der Waals surface area contributed by atoms with Crippen molar-refractivity contribution < 1.29 is 19.1 Å². The summed E-state index contributed by atoms with van der Waals surface area (Å²) in [6, 6.07) is 4.19. The van der Waals surface area contributed by atoms with E-state index in [9.17, 15) is 14.0 Å². The summed E-state index contributed by atoms with van der Waals surface area (Å²) in [5.74, 6) is -0.990. The summed E-state index contributed by atoms with van der Waals surface area (Å²) in [5, 5.41) is 11.6. The molecule has 2 N–H and O–H groups in total. The molecule has 0 radical (unpaired) electrons. The van der Waals surface area contributed by atoms with Gasteiger partial charge in [0.1, 0.15) is 5.82 Å². The SMILES string of the molecule is CC(C)CC(=O)Nc1ccc(C(=O)N(CCO)C2CC2)cc1F. The summed E-state index contributed by atoms with van der Waals surface area (Å²) in [6.45, 7) is 3.95. The van der Waals surface area contributed by atoms with Crippen LogP contribution in [-0.2, 0) is 4.79 Å². The van der Waals surface area contributed by atoms with E-state index >= 15 is 0 Å². The highest BCUT2D eigenvalue weighted by molar-refractivity contribution is 5.96. The number of aliphatic hydroxyl groups excluding tert-OH is 1. The fraction of sp³-hybridized carbons (Fsp3) is 0.529. The van der Waals surface area contributed by atoms with Crippen LogP contribution >= 0.6 is 0 Å². The van der Waals surface area contributed by atoms with Crippen LogP contribution in [0.5, 0.6) is 0 Å². The van der Waals surface area contributed by atoms with Crippen molar-refractivity contribution in [1.82, 2.24) is 4.90 Å². The van der Waals surface area contributed by atoms with E-state index in [2.05, 4.69) is 5.32 Å². The smallest absolute Gasteiger partial charge is 0.254 e. The topological polar surface area (TPSA) is 69.6 Å². The lowest BCUT2D eigenvalue weighted by Crippen LogP contribution is -2.35. The van der Waals surface area contributed by atoms with Gasteiger partial charge in [0, 0.05) is 24.6 Å². The Balaban J connectivity index is 2.08. The number of nitrogens with zero attached hydrogens (tertiary/aromatic N) is 1. The van der Waals surface area contributed by atoms with Gasteiger partial charge < -0.3 is 15.3 Å². The molecule has 0 heterocycles. The number of halogens is 1. The van der Waals surface area contributed by atoms with Gasteiger partial charge in [0.25, 0.3) is 5.91 Å². The Morgan fingerprint density at radius 3 is 2.61 bits per heavy atom. The molecule has 2 rings (SSSR count). The van der Waals surface area contributed by atoms with Gasteiger partial charge >= 0.3 is 0 Å². The second-order valence-electron chi connectivity index (χ2n) is 6.29. The van der Waals surface area contributed by atoms with E-state index in [0.29, 0.717) is 6.42 Å². The largest absolute Gasteiger partial charge is 0.395 e. The number of rotatable bonds is 7. The number of carbonyl (C=O) groups is 2. The third-order valence-corrected chi connectivity index (χ3v) is 3.67. The Hall–Kier alpha value is -1.95. The zero-order valence-corrected chi connectivity index (χ0v) is 13.5. The van der Waals surface area contributed by atoms with E-state index in [0.717, 1.165) is 18.9 Å². The van der Waals surface area contributed by atoms with Crippen molar-refractivity contribution in [2.75, 3.05) is 18.5 Å². The normalized spacial score (nSPS) is 14.0. The van der Waals surface area contributed by atoms with Crippen LogP contribution in [0.1, 0.15) is 43.5 Å². The fourth-order valence-corrected chi connectivity index (χ4v) is 2.43. The number of hydrogen-bond acceptors (Lipinski definition) is 3. The number of amides is 2. The van der Waals surface area contributed by atoms with Crippen LogP contribution in [0.2, 0.25) is 0 Å². The molecule has 0 spiro atoms. The van der Waals surface area contributed by atoms with Crippen LogP contribution in [-0.4, -0.2) is 41.0 Å². The molecular formula is C17H23FN2O3. The van der Waals surface area contributed by atoms with Gasteiger partial charge in [-0.15, -0.1) is 0 Å². The summed E-state index contributed by atoms with van der Waals surface area (Å²) < 4.78 is 14.1. The van der Waals surface area contributed by atoms with Crippen molar-refractivity contribution in [2.45, 2.75) is 39.2 Å². The van der Waals surface area contributed by atoms with E-state index in [1.54, 1.807) is 4.90 Å². The first-order valence-corrected chi connectivity index (χ1v) is 7.93. The predicted molar refractivity (Wildman–Crippen MR) is 85.6 cm³/mol. The molecule has 1 aliphatic rings. The molecule has 0 atom stereocenters. The average Bonchev–Trinajstić information content (AvgIpc) is 3.30. The molecule has 0 bridgehead atoms. The zero-order valence-electron chi connectivity index (χ0n) is 13.5. The van der Waals surface area contributed by atoms with Crippen molar-refractivity contribution in [3.8, 4) is 0 Å². The lowest BCUT2D eigenvalue weighted by molar-refractivity contribution is -0.116. The fourth-order valence-electron chi connectivity index (χ4n) is 2.43. The molecule has 0 saturated heterocycles. The van der Waals surface area contributed by atoms with E-state index in [4.69, 9.17) is 5.11 Å². The molecule has 1 aliphatic carbocycles. The first kappa shape index (κ1) is 17.4. The molecule has 6 heteroatoms. The van der Waals surface area contributed by atoms with Crippen molar-refractivity contribution in [3.05, 3.63) is 29.6 Å². The Bertz CT molecular complexity index is 585. The van der Waals surface area contributed by atoms with Gasteiger partial charge in [-0.3, -0.25) is 9.59 Å². The molecule has 1 aromatic rings. The molecule has 2 amide bonds. The molecule has 0 aromatic heterocycles. The van der Waals surface area contributed by atoms with Crippen LogP contribution in [0, 0.1) is 11.7 Å². The highest BCUT2D eigenvalue weighted by Gasteiger charge is 2.32. The molecule has 23 heavy (non-hydrogen) atoms. The summed E-state index contributed by atoms with van der Waals surface area (Å²) in [7, 11) is 0. The van der Waals surface area contributed by atoms with Crippen LogP contribution in [0.3, 0.4) is 0 Å². The number of benzene rings is 1. The van der Waals surface area contributed by atoms with E-state index in [-0.39, 0.29) is 48.2 Å². The zero-order chi connectivity index (χ0) is 17.0. The molecule has 0 aliphatic heterocycles. The van der Waals surface area contributed by atoms with Gasteiger partial charge in [0.15, 0.2) is 0 Å². The summed E-state index contributed by atoms with van der Waals surface area (Å²) >= 11 is 0. The highest BCUT2D eigenvalue weighted by Crippen LogP contribution is 2.28. The highest BCUT2D eigenvalue weighted by atomic mass is 19.1. The van der Waals surface area contributed by atoms with Crippen LogP contribution in [0.15, 0.2) is 18.2 Å². The number of hydrogen-bond donors (Lipinski definition) is 2. The van der Waals surface area contributed by atoms with Gasteiger partial charge in [0.2, 0.25) is 5.91 Å². The van der Waals surface area contributed by atoms with E-state index < -0.39 is 5.82 Å². The number of carbonyl (C=O) groups excluding carboxylic acids is 2. The van der Waals surface area contributed by atoms with E-state index in [1.807, 2.05) is 13.8 Å². The molecule has 1 saturated carbocycles. The quantitative estimate of drug-likeness (QED) is 0.810. The van der Waals surface area contributed by atoms with Crippen molar-refractivity contribution in [2.24, 2.45) is 5.92 Å². The minimum Gasteiger partial charge on any atom is -0.395 e. The summed E-state index contributed by atoms with van der Waals surface area (Å²) in [4.78, 5) is 25.7. The van der Waals surface area contributed by atoms with Crippen LogP contribution in [0.4, 0.5) is 10.1 Å². The van der Waals surface area contributed by atoms with Crippen LogP contribution in [0.25, 0.3) is 0 Å². The summed E-state index contributed by atoms with van der Waals surface area (Å²) in [5.41, 5.74) is 0.303. The lowest BCUT2D eigenvalue weighted by Gasteiger charge is -2.21. The Morgan fingerprint density at radius 2 is 2.09 bits per heavy atom. The molecule has 0 unspecified atom stereocenters. The number of anilines is 1. The maximum Gasteiger partial charge on any atom is 0.254 e. The standard InChI is InChI=1S/C17H23FN2O3/c1-11(2)9-16(22)19-15-6-3-12(10-14(15)18)17(23)20(7-8-21)13-4-5-13/h3,6,10-11,13,21H,4-5,7-9H2,1-2H3,(H,19,22). The van der Waals surface area contributed by atoms with Crippen LogP contribution < -0.4 is 5.32 Å². The first-order chi connectivity index (χ1) is 10.9. The van der Waals surface area contributed by atoms with E-state index in [1.165, 1.54) is 12.1 Å². The maximum atomic E-state index is 14.1. The van der Waals surface area contributed by atoms with Gasteiger partial charge in [0.05, 0.1) is 12.3 Å². The van der Waals surface area contributed by atoms with Gasteiger partial charge in [-0.2, -0.15) is 0 Å². The monoisotopic (exact) mass is 322 g/mol. The van der Waals surface area contributed by atoms with Crippen molar-refractivity contribution in [3.63, 3.8) is 0 Å². The Labute approximate surface area is 135 Å². The molecule has 1 aromatic carbocycles. The second-order valence-corrected chi connectivity index (χ2v) is 6.29. The Kier molecular flexibility index (Phi) is 5.71. The molecule has 5 nitrogen and oxygen atoms in total. The van der Waals surface area contributed by atoms with Crippen molar-refractivity contribution in [1.29, 1.82) is 0 Å². The third kappa shape index (κ3) is 4.76.